The number of rotatable bonds is 6. The first-order valence-electron chi connectivity index (χ1n) is 6.58. The summed E-state index contributed by atoms with van der Waals surface area (Å²) in [6.07, 6.45) is 0. The van der Waals surface area contributed by atoms with Gasteiger partial charge in [-0.05, 0) is 25.3 Å². The standard InChI is InChI=1S/C15H24N2O/c1-11(2)12(3)17-15(18)10-16-13(4)14-8-6-5-7-9-14/h5-9,11-13,16H,10H2,1-4H3,(H,17,18). The summed E-state index contributed by atoms with van der Waals surface area (Å²) in [4.78, 5) is 11.7. The van der Waals surface area contributed by atoms with E-state index in [2.05, 4.69) is 43.5 Å². The minimum Gasteiger partial charge on any atom is -0.352 e. The molecule has 0 aliphatic carbocycles. The van der Waals surface area contributed by atoms with Gasteiger partial charge in [0.15, 0.2) is 0 Å². The van der Waals surface area contributed by atoms with Crippen molar-refractivity contribution in [1.29, 1.82) is 0 Å². The molecule has 0 fully saturated rings. The van der Waals surface area contributed by atoms with E-state index in [4.69, 9.17) is 0 Å². The van der Waals surface area contributed by atoms with Gasteiger partial charge in [-0.3, -0.25) is 4.79 Å². The third-order valence-electron chi connectivity index (χ3n) is 3.26. The smallest absolute Gasteiger partial charge is 0.234 e. The fourth-order valence-corrected chi connectivity index (χ4v) is 1.58. The Morgan fingerprint density at radius 3 is 2.28 bits per heavy atom. The van der Waals surface area contributed by atoms with Gasteiger partial charge in [-0.15, -0.1) is 0 Å². The van der Waals surface area contributed by atoms with Crippen LogP contribution in [0.1, 0.15) is 39.3 Å². The van der Waals surface area contributed by atoms with Gasteiger partial charge in [0, 0.05) is 12.1 Å². The highest BCUT2D eigenvalue weighted by atomic mass is 16.1. The quantitative estimate of drug-likeness (QED) is 0.812. The van der Waals surface area contributed by atoms with E-state index in [1.54, 1.807) is 0 Å². The minimum atomic E-state index is 0.0546. The molecule has 0 bridgehead atoms. The second kappa shape index (κ2) is 7.17. The van der Waals surface area contributed by atoms with Crippen molar-refractivity contribution >= 4 is 5.91 Å². The van der Waals surface area contributed by atoms with Crippen LogP contribution in [0.25, 0.3) is 0 Å². The maximum atomic E-state index is 11.7. The van der Waals surface area contributed by atoms with Gasteiger partial charge in [0.05, 0.1) is 6.54 Å². The maximum Gasteiger partial charge on any atom is 0.234 e. The van der Waals surface area contributed by atoms with Crippen LogP contribution in [0.15, 0.2) is 30.3 Å². The third-order valence-corrected chi connectivity index (χ3v) is 3.26. The maximum absolute atomic E-state index is 11.7. The first kappa shape index (κ1) is 14.7. The number of benzene rings is 1. The van der Waals surface area contributed by atoms with Crippen LogP contribution in [0.3, 0.4) is 0 Å². The molecule has 100 valence electrons. The molecule has 1 rings (SSSR count). The van der Waals surface area contributed by atoms with Gasteiger partial charge in [-0.1, -0.05) is 44.2 Å². The van der Waals surface area contributed by atoms with Crippen LogP contribution in [0.2, 0.25) is 0 Å². The van der Waals surface area contributed by atoms with Crippen LogP contribution in [-0.4, -0.2) is 18.5 Å². The summed E-state index contributed by atoms with van der Waals surface area (Å²) in [6.45, 7) is 8.65. The summed E-state index contributed by atoms with van der Waals surface area (Å²) in [5.74, 6) is 0.513. The lowest BCUT2D eigenvalue weighted by Crippen LogP contribution is -2.41. The van der Waals surface area contributed by atoms with Crippen molar-refractivity contribution in [3.8, 4) is 0 Å². The molecule has 0 saturated carbocycles. The van der Waals surface area contributed by atoms with Crippen LogP contribution in [-0.2, 0) is 4.79 Å². The zero-order valence-corrected chi connectivity index (χ0v) is 11.7. The summed E-state index contributed by atoms with van der Waals surface area (Å²) in [7, 11) is 0. The van der Waals surface area contributed by atoms with E-state index in [0.29, 0.717) is 12.5 Å². The van der Waals surface area contributed by atoms with Crippen molar-refractivity contribution in [3.05, 3.63) is 35.9 Å². The highest BCUT2D eigenvalue weighted by molar-refractivity contribution is 5.78. The normalized spacial score (nSPS) is 14.3. The SMILES string of the molecule is CC(NCC(=O)NC(C)C(C)C)c1ccccc1. The van der Waals surface area contributed by atoms with E-state index < -0.39 is 0 Å². The number of carbonyl (C=O) groups is 1. The van der Waals surface area contributed by atoms with Crippen molar-refractivity contribution in [2.75, 3.05) is 6.54 Å². The minimum absolute atomic E-state index is 0.0546. The zero-order chi connectivity index (χ0) is 13.5. The van der Waals surface area contributed by atoms with Crippen molar-refractivity contribution in [2.45, 2.75) is 39.8 Å². The van der Waals surface area contributed by atoms with E-state index in [1.807, 2.05) is 25.1 Å². The average Bonchev–Trinajstić information content (AvgIpc) is 2.36. The molecule has 18 heavy (non-hydrogen) atoms. The van der Waals surface area contributed by atoms with E-state index in [0.717, 1.165) is 0 Å². The molecule has 0 aromatic heterocycles. The van der Waals surface area contributed by atoms with Crippen molar-refractivity contribution in [1.82, 2.24) is 10.6 Å². The van der Waals surface area contributed by atoms with Crippen LogP contribution in [0, 0.1) is 5.92 Å². The van der Waals surface area contributed by atoms with Gasteiger partial charge < -0.3 is 10.6 Å². The van der Waals surface area contributed by atoms with Crippen LogP contribution >= 0.6 is 0 Å². The number of hydrogen-bond acceptors (Lipinski definition) is 2. The first-order valence-corrected chi connectivity index (χ1v) is 6.58. The predicted octanol–water partition coefficient (Wildman–Crippen LogP) is 2.50. The molecule has 0 aliphatic rings. The Labute approximate surface area is 110 Å². The van der Waals surface area contributed by atoms with Crippen LogP contribution in [0.4, 0.5) is 0 Å². The van der Waals surface area contributed by atoms with E-state index >= 15 is 0 Å². The molecule has 1 amide bonds. The molecule has 1 aromatic rings. The second-order valence-corrected chi connectivity index (χ2v) is 5.11. The molecular formula is C15H24N2O. The van der Waals surface area contributed by atoms with Crippen molar-refractivity contribution < 1.29 is 4.79 Å². The summed E-state index contributed by atoms with van der Waals surface area (Å²) in [5, 5.41) is 6.22. The third kappa shape index (κ3) is 4.88. The van der Waals surface area contributed by atoms with Crippen LogP contribution in [0.5, 0.6) is 0 Å². The van der Waals surface area contributed by atoms with Gasteiger partial charge in [0.2, 0.25) is 5.91 Å². The zero-order valence-electron chi connectivity index (χ0n) is 11.7. The average molecular weight is 248 g/mol. The molecule has 1 aromatic carbocycles. The lowest BCUT2D eigenvalue weighted by molar-refractivity contribution is -0.121. The Morgan fingerprint density at radius 2 is 1.72 bits per heavy atom. The Morgan fingerprint density at radius 1 is 1.11 bits per heavy atom. The second-order valence-electron chi connectivity index (χ2n) is 5.11. The largest absolute Gasteiger partial charge is 0.352 e. The Hall–Kier alpha value is -1.35. The van der Waals surface area contributed by atoms with Gasteiger partial charge in [-0.25, -0.2) is 0 Å². The van der Waals surface area contributed by atoms with Gasteiger partial charge in [-0.2, -0.15) is 0 Å². The monoisotopic (exact) mass is 248 g/mol. The molecule has 0 radical (unpaired) electrons. The topological polar surface area (TPSA) is 41.1 Å². The molecule has 2 atom stereocenters. The number of hydrogen-bond donors (Lipinski definition) is 2. The Kier molecular flexibility index (Phi) is 5.86. The predicted molar refractivity (Wildman–Crippen MR) is 75.3 cm³/mol. The lowest BCUT2D eigenvalue weighted by Gasteiger charge is -2.19. The molecule has 3 nitrogen and oxygen atoms in total. The fraction of sp³-hybridized carbons (Fsp3) is 0.533. The Bertz CT molecular complexity index is 362. The molecule has 2 N–H and O–H groups in total. The number of nitrogens with one attached hydrogen (secondary N) is 2. The molecule has 0 aliphatic heterocycles. The van der Waals surface area contributed by atoms with Crippen LogP contribution < -0.4 is 10.6 Å². The van der Waals surface area contributed by atoms with E-state index in [1.165, 1.54) is 5.56 Å². The van der Waals surface area contributed by atoms with Crippen molar-refractivity contribution in [2.24, 2.45) is 5.92 Å². The molecular weight excluding hydrogens is 224 g/mol. The first-order chi connectivity index (χ1) is 8.50. The van der Waals surface area contributed by atoms with Gasteiger partial charge in [0.1, 0.15) is 0 Å². The highest BCUT2D eigenvalue weighted by Crippen LogP contribution is 2.10. The summed E-state index contributed by atoms with van der Waals surface area (Å²) in [6, 6.07) is 10.5. The summed E-state index contributed by atoms with van der Waals surface area (Å²) >= 11 is 0. The van der Waals surface area contributed by atoms with E-state index in [9.17, 15) is 4.79 Å². The fourth-order valence-electron chi connectivity index (χ4n) is 1.58. The Balaban J connectivity index is 2.35. The highest BCUT2D eigenvalue weighted by Gasteiger charge is 2.11. The molecule has 2 unspecified atom stereocenters. The summed E-state index contributed by atoms with van der Waals surface area (Å²) in [5.41, 5.74) is 1.20. The lowest BCUT2D eigenvalue weighted by atomic mass is 10.1. The number of amides is 1. The van der Waals surface area contributed by atoms with E-state index in [-0.39, 0.29) is 18.0 Å². The summed E-state index contributed by atoms with van der Waals surface area (Å²) < 4.78 is 0. The van der Waals surface area contributed by atoms with Gasteiger partial charge >= 0.3 is 0 Å². The number of carbonyl (C=O) groups excluding carboxylic acids is 1. The molecule has 0 heterocycles. The molecule has 0 spiro atoms. The molecule has 3 heteroatoms. The van der Waals surface area contributed by atoms with Gasteiger partial charge in [0.25, 0.3) is 0 Å². The van der Waals surface area contributed by atoms with Crippen molar-refractivity contribution in [3.63, 3.8) is 0 Å². The molecule has 0 saturated heterocycles.